The number of hydrogen-bond acceptors (Lipinski definition) is 15. The van der Waals surface area contributed by atoms with E-state index in [4.69, 9.17) is 24.0 Å². The molecule has 6 amide bonds. The number of β-amino-alcohol motifs (C(OH)–C–C–N with tert-alkyl or cyclic N) is 1. The number of ether oxygens (including phenoxy) is 4. The van der Waals surface area contributed by atoms with Crippen LogP contribution in [0.1, 0.15) is 105 Å². The molecule has 0 unspecified atom stereocenters. The summed E-state index contributed by atoms with van der Waals surface area (Å²) in [6.45, 7) is 12.4. The molecular weight excluding hydrogens is 1130 g/mol. The monoisotopic (exact) mass is 1210 g/mol. The largest absolute Gasteiger partial charge is 0.391 e. The maximum atomic E-state index is 14.8. The summed E-state index contributed by atoms with van der Waals surface area (Å²) in [7, 11) is 3.37. The van der Waals surface area contributed by atoms with Crippen LogP contribution in [0.5, 0.6) is 0 Å². The lowest BCUT2D eigenvalue weighted by Crippen LogP contribution is -2.57. The maximum Gasteiger partial charge on any atom is 0.317 e. The Morgan fingerprint density at radius 1 is 0.860 bits per heavy atom. The van der Waals surface area contributed by atoms with E-state index in [0.29, 0.717) is 101 Å². The lowest BCUT2D eigenvalue weighted by Gasteiger charge is -2.35. The van der Waals surface area contributed by atoms with Gasteiger partial charge in [0.1, 0.15) is 12.1 Å². The molecule has 0 aliphatic carbocycles. The number of aliphatic hydroxyl groups is 1. The molecule has 9 rings (SSSR count). The number of fused-ring (bicyclic) bond motifs is 2. The average Bonchev–Trinajstić information content (AvgIpc) is 1.75. The number of aryl methyl sites for hydroxylation is 3. The normalized spacial score (nSPS) is 17.7. The van der Waals surface area contributed by atoms with Gasteiger partial charge in [0.25, 0.3) is 6.43 Å². The van der Waals surface area contributed by atoms with Crippen molar-refractivity contribution in [3.63, 3.8) is 0 Å². The number of piperidine rings is 1. The van der Waals surface area contributed by atoms with E-state index in [1.54, 1.807) is 53.5 Å². The third-order valence-corrected chi connectivity index (χ3v) is 17.3. The van der Waals surface area contributed by atoms with Gasteiger partial charge in [-0.3, -0.25) is 28.5 Å². The highest BCUT2D eigenvalue weighted by molar-refractivity contribution is 7.13. The minimum Gasteiger partial charge on any atom is -0.391 e. The quantitative estimate of drug-likeness (QED) is 0.0473. The topological polar surface area (TPSA) is 240 Å². The molecule has 86 heavy (non-hydrogen) atoms. The summed E-state index contributed by atoms with van der Waals surface area (Å²) in [5.41, 5.74) is 8.64. The zero-order chi connectivity index (χ0) is 61.1. The van der Waals surface area contributed by atoms with Crippen molar-refractivity contribution in [2.75, 3.05) is 97.5 Å². The molecule has 4 aliphatic rings. The Balaban J connectivity index is 0.642. The van der Waals surface area contributed by atoms with Crippen LogP contribution in [0.4, 0.5) is 25.1 Å². The van der Waals surface area contributed by atoms with E-state index in [1.165, 1.54) is 4.90 Å². The molecule has 22 nitrogen and oxygen atoms in total. The first kappa shape index (κ1) is 63.6. The Morgan fingerprint density at radius 3 is 2.17 bits per heavy atom. The highest BCUT2D eigenvalue weighted by atomic mass is 32.1. The Morgan fingerprint density at radius 2 is 1.55 bits per heavy atom. The van der Waals surface area contributed by atoms with Gasteiger partial charge < -0.3 is 59.6 Å². The third kappa shape index (κ3) is 15.6. The minimum atomic E-state index is -2.71. The summed E-state index contributed by atoms with van der Waals surface area (Å²) in [5, 5.41) is 28.6. The highest BCUT2D eigenvalue weighted by Crippen LogP contribution is 2.44. The van der Waals surface area contributed by atoms with E-state index in [1.807, 2.05) is 68.4 Å². The van der Waals surface area contributed by atoms with E-state index in [0.717, 1.165) is 51.4 Å². The summed E-state index contributed by atoms with van der Waals surface area (Å²) in [6.07, 6.45) is 3.58. The number of alkyl halides is 2. The number of likely N-dealkylation sites (tertiary alicyclic amines) is 2. The Bertz CT molecular complexity index is 3140. The summed E-state index contributed by atoms with van der Waals surface area (Å²) in [6, 6.07) is 9.30. The molecule has 4 N–H and O–H groups in total. The van der Waals surface area contributed by atoms with E-state index in [2.05, 4.69) is 35.6 Å². The van der Waals surface area contributed by atoms with Gasteiger partial charge in [-0.25, -0.2) is 18.6 Å². The van der Waals surface area contributed by atoms with Gasteiger partial charge in [-0.1, -0.05) is 45.0 Å². The Kier molecular flexibility index (Phi) is 21.6. The fourth-order valence-corrected chi connectivity index (χ4v) is 12.6. The van der Waals surface area contributed by atoms with Crippen LogP contribution in [0, 0.1) is 12.3 Å². The van der Waals surface area contributed by atoms with Crippen molar-refractivity contribution in [2.45, 2.75) is 123 Å². The van der Waals surface area contributed by atoms with Crippen molar-refractivity contribution in [3.8, 4) is 21.6 Å². The van der Waals surface area contributed by atoms with Crippen LogP contribution in [0.2, 0.25) is 0 Å². The number of benzene rings is 2. The van der Waals surface area contributed by atoms with Gasteiger partial charge in [0.05, 0.1) is 100 Å². The van der Waals surface area contributed by atoms with Crippen LogP contribution in [-0.4, -0.2) is 185 Å². The van der Waals surface area contributed by atoms with Crippen molar-refractivity contribution >= 4 is 52.5 Å². The van der Waals surface area contributed by atoms with Gasteiger partial charge >= 0.3 is 6.03 Å². The first-order valence-electron chi connectivity index (χ1n) is 29.8. The summed E-state index contributed by atoms with van der Waals surface area (Å²) < 4.78 is 55.9. The van der Waals surface area contributed by atoms with Gasteiger partial charge in [-0.05, 0) is 72.4 Å². The molecule has 25 heteroatoms. The molecule has 2 aromatic carbocycles. The second-order valence-electron chi connectivity index (χ2n) is 23.5. The fourth-order valence-electron chi connectivity index (χ4n) is 11.8. The van der Waals surface area contributed by atoms with Gasteiger partial charge in [-0.2, -0.15) is 10.2 Å². The molecule has 7 heterocycles. The molecule has 0 saturated carbocycles. The predicted octanol–water partition coefficient (Wildman–Crippen LogP) is 6.25. The van der Waals surface area contributed by atoms with E-state index in [9.17, 15) is 37.9 Å². The van der Waals surface area contributed by atoms with Gasteiger partial charge in [0, 0.05) is 107 Å². The number of nitrogens with zero attached hydrogens (tertiary/aromatic N) is 9. The number of rotatable bonds is 25. The van der Waals surface area contributed by atoms with Crippen molar-refractivity contribution in [1.29, 1.82) is 0 Å². The molecule has 0 bridgehead atoms. The zero-order valence-corrected chi connectivity index (χ0v) is 51.0. The summed E-state index contributed by atoms with van der Waals surface area (Å²) in [4.78, 5) is 79.3. The van der Waals surface area contributed by atoms with Crippen LogP contribution in [-0.2, 0) is 71.1 Å². The van der Waals surface area contributed by atoms with Crippen LogP contribution in [0.25, 0.3) is 21.6 Å². The molecule has 5 aromatic rings. The van der Waals surface area contributed by atoms with Gasteiger partial charge in [-0.15, -0.1) is 11.3 Å². The smallest absolute Gasteiger partial charge is 0.317 e. The lowest BCUT2D eigenvalue weighted by atomic mass is 9.85. The average molecular weight is 1210 g/mol. The number of aliphatic hydroxyl groups excluding tert-OH is 1. The SMILES string of the molecule is CNC(=O)N1CCc2c(c(N3CCCc4cc(-c5cnn(C)c5)c(C(F)F)cc43)nn2C2CCN(C(=O)CCOCCOCCOCCOCCC(=O)N[C@H](C(=O)N3C[C@H](O)C[C@H]3C(=O)NCc3ccc(-c4scnc4C)cc3)C(C)(C)C)CC2)C1. The molecule has 3 atom stereocenters. The van der Waals surface area contributed by atoms with Crippen LogP contribution < -0.4 is 20.9 Å². The predicted molar refractivity (Wildman–Crippen MR) is 319 cm³/mol. The molecule has 2 fully saturated rings. The first-order chi connectivity index (χ1) is 41.4. The number of aromatic nitrogens is 5. The number of carbonyl (C=O) groups excluding carboxylic acids is 5. The van der Waals surface area contributed by atoms with Crippen molar-refractivity contribution in [2.24, 2.45) is 12.5 Å². The molecule has 2 saturated heterocycles. The van der Waals surface area contributed by atoms with E-state index < -0.39 is 35.9 Å². The maximum absolute atomic E-state index is 14.8. The van der Waals surface area contributed by atoms with Crippen molar-refractivity contribution in [3.05, 3.63) is 87.9 Å². The molecule has 0 spiro atoms. The van der Waals surface area contributed by atoms with Gasteiger partial charge in [0.15, 0.2) is 5.82 Å². The van der Waals surface area contributed by atoms with Gasteiger partial charge in [0.2, 0.25) is 23.6 Å². The lowest BCUT2D eigenvalue weighted by molar-refractivity contribution is -0.144. The minimum absolute atomic E-state index is 0.00145. The molecule has 0 radical (unpaired) electrons. The molecular formula is C61H82F2N12O10S. The number of halogens is 2. The summed E-state index contributed by atoms with van der Waals surface area (Å²) >= 11 is 1.57. The first-order valence-corrected chi connectivity index (χ1v) is 30.7. The second kappa shape index (κ2) is 29.2. The molecule has 3 aromatic heterocycles. The number of amides is 6. The highest BCUT2D eigenvalue weighted by Gasteiger charge is 2.45. The fraction of sp³-hybridized carbons (Fsp3) is 0.574. The Hall–Kier alpha value is -6.90. The summed E-state index contributed by atoms with van der Waals surface area (Å²) in [5.74, 6) is -0.511. The number of carbonyl (C=O) groups is 5. The third-order valence-electron chi connectivity index (χ3n) is 16.4. The molecule has 466 valence electrons. The standard InChI is InChI=1S/C61H82F2N12O10S/c1-39-54(86-38-66-39)41-11-9-40(10-12-41)33-65-58(79)51-31-45(76)36-74(51)59(80)55(61(2,3)4)68-52(77)16-22-82-24-26-84-28-29-85-27-25-83-23-17-53(78)71-19-13-44(14-20-71)75-49-15-21-72(60(81)64-5)37-48(49)57(69-75)73-18-7-8-42-30-46(43-34-67-70(6)35-43)47(56(62)63)32-50(42)73/h9-12,30,32,34-35,38,44-45,51,55-56,76H,7-8,13-29,31,33,36-37H2,1-6H3,(H,64,81)(H,65,79)(H,68,77)/t45-,51+,55-/m1/s1. The van der Waals surface area contributed by atoms with Crippen molar-refractivity contribution in [1.82, 2.24) is 55.2 Å². The molecule has 4 aliphatic heterocycles. The van der Waals surface area contributed by atoms with Crippen LogP contribution in [0.15, 0.2) is 54.3 Å². The number of nitrogens with one attached hydrogen (secondary N) is 3. The second-order valence-corrected chi connectivity index (χ2v) is 24.3. The Labute approximate surface area is 504 Å². The van der Waals surface area contributed by atoms with Crippen molar-refractivity contribution < 1.29 is 56.8 Å². The number of urea groups is 1. The number of hydrogen-bond donors (Lipinski definition) is 4. The van der Waals surface area contributed by atoms with Crippen LogP contribution >= 0.6 is 11.3 Å². The van der Waals surface area contributed by atoms with E-state index >= 15 is 0 Å². The van der Waals surface area contributed by atoms with E-state index in [-0.39, 0.29) is 94.1 Å². The van der Waals surface area contributed by atoms with Crippen LogP contribution in [0.3, 0.4) is 0 Å². The zero-order valence-electron chi connectivity index (χ0n) is 50.2. The number of thiazole rings is 1. The number of anilines is 2.